The molecule has 0 unspecified atom stereocenters. The molecule has 1 saturated carbocycles. The van der Waals surface area contributed by atoms with Crippen LogP contribution >= 0.6 is 0 Å². The third-order valence-corrected chi connectivity index (χ3v) is 2.74. The molecule has 2 N–H and O–H groups in total. The second-order valence-corrected chi connectivity index (χ2v) is 4.27. The van der Waals surface area contributed by atoms with Crippen LogP contribution in [-0.2, 0) is 0 Å². The number of rotatable bonds is 5. The summed E-state index contributed by atoms with van der Waals surface area (Å²) in [5.41, 5.74) is 0.814. The van der Waals surface area contributed by atoms with Gasteiger partial charge in [0.15, 0.2) is 0 Å². The van der Waals surface area contributed by atoms with E-state index in [1.165, 1.54) is 18.2 Å². The number of carbonyl (C=O) groups is 1. The molecule has 0 aromatic heterocycles. The first kappa shape index (κ1) is 12.3. The fraction of sp³-hybridized carbons (Fsp3) is 0.417. The Labute approximate surface area is 105 Å². The van der Waals surface area contributed by atoms with Crippen LogP contribution in [0.15, 0.2) is 18.2 Å². The fourth-order valence-electron chi connectivity index (χ4n) is 1.66. The van der Waals surface area contributed by atoms with E-state index in [4.69, 9.17) is 0 Å². The Morgan fingerprint density at radius 3 is 2.78 bits per heavy atom. The Kier molecular flexibility index (Phi) is 3.45. The summed E-state index contributed by atoms with van der Waals surface area (Å²) in [6.07, 6.45) is 2.03. The number of carbonyl (C=O) groups excluding carboxylic acids is 1. The van der Waals surface area contributed by atoms with Gasteiger partial charge in [0.05, 0.1) is 4.92 Å². The van der Waals surface area contributed by atoms with E-state index in [2.05, 4.69) is 10.6 Å². The third kappa shape index (κ3) is 2.77. The van der Waals surface area contributed by atoms with Crippen molar-refractivity contribution in [3.8, 4) is 0 Å². The first-order valence-corrected chi connectivity index (χ1v) is 5.95. The van der Waals surface area contributed by atoms with Gasteiger partial charge in [-0.25, -0.2) is 0 Å². The van der Waals surface area contributed by atoms with Crippen LogP contribution in [0, 0.1) is 10.1 Å². The molecule has 0 heterocycles. The number of hydrogen-bond acceptors (Lipinski definition) is 4. The molecule has 96 valence electrons. The summed E-state index contributed by atoms with van der Waals surface area (Å²) in [4.78, 5) is 22.2. The molecule has 1 fully saturated rings. The average Bonchev–Trinajstić information content (AvgIpc) is 3.13. The van der Waals surface area contributed by atoms with Gasteiger partial charge in [-0.05, 0) is 31.9 Å². The first-order valence-electron chi connectivity index (χ1n) is 5.95. The van der Waals surface area contributed by atoms with E-state index < -0.39 is 4.92 Å². The lowest BCUT2D eigenvalue weighted by Gasteiger charge is -2.07. The highest BCUT2D eigenvalue weighted by molar-refractivity contribution is 5.96. The van der Waals surface area contributed by atoms with Crippen LogP contribution in [0.1, 0.15) is 30.1 Å². The van der Waals surface area contributed by atoms with E-state index in [1.54, 1.807) is 0 Å². The summed E-state index contributed by atoms with van der Waals surface area (Å²) >= 11 is 0. The number of hydrogen-bond donors (Lipinski definition) is 2. The van der Waals surface area contributed by atoms with Crippen LogP contribution in [-0.4, -0.2) is 23.4 Å². The SMILES string of the molecule is CCNc1cc(C(=O)NC2CC2)ccc1[N+](=O)[O-]. The van der Waals surface area contributed by atoms with E-state index in [-0.39, 0.29) is 17.6 Å². The predicted octanol–water partition coefficient (Wildman–Crippen LogP) is 1.92. The normalized spacial score (nSPS) is 14.1. The van der Waals surface area contributed by atoms with Crippen LogP contribution < -0.4 is 10.6 Å². The van der Waals surface area contributed by atoms with Crippen LogP contribution in [0.3, 0.4) is 0 Å². The zero-order valence-corrected chi connectivity index (χ0v) is 10.1. The highest BCUT2D eigenvalue weighted by atomic mass is 16.6. The molecule has 0 bridgehead atoms. The summed E-state index contributed by atoms with van der Waals surface area (Å²) in [5, 5.41) is 16.6. The average molecular weight is 249 g/mol. The maximum absolute atomic E-state index is 11.8. The molecule has 0 aliphatic heterocycles. The minimum Gasteiger partial charge on any atom is -0.380 e. The summed E-state index contributed by atoms with van der Waals surface area (Å²) in [5.74, 6) is -0.174. The molecular weight excluding hydrogens is 234 g/mol. The van der Waals surface area contributed by atoms with Crippen LogP contribution in [0.4, 0.5) is 11.4 Å². The molecule has 18 heavy (non-hydrogen) atoms. The van der Waals surface area contributed by atoms with Crippen LogP contribution in [0.5, 0.6) is 0 Å². The summed E-state index contributed by atoms with van der Waals surface area (Å²) < 4.78 is 0. The van der Waals surface area contributed by atoms with Crippen molar-refractivity contribution in [2.24, 2.45) is 0 Å². The van der Waals surface area contributed by atoms with Gasteiger partial charge in [0.1, 0.15) is 5.69 Å². The number of nitrogens with one attached hydrogen (secondary N) is 2. The lowest BCUT2D eigenvalue weighted by atomic mass is 10.1. The summed E-state index contributed by atoms with van der Waals surface area (Å²) in [6, 6.07) is 4.64. The van der Waals surface area contributed by atoms with Gasteiger partial charge in [0, 0.05) is 24.2 Å². The van der Waals surface area contributed by atoms with Gasteiger partial charge in [-0.2, -0.15) is 0 Å². The van der Waals surface area contributed by atoms with E-state index in [9.17, 15) is 14.9 Å². The van der Waals surface area contributed by atoms with Crippen molar-refractivity contribution in [2.45, 2.75) is 25.8 Å². The summed E-state index contributed by atoms with van der Waals surface area (Å²) in [7, 11) is 0. The molecule has 1 aromatic rings. The molecule has 2 rings (SSSR count). The number of amides is 1. The van der Waals surface area contributed by atoms with Gasteiger partial charge >= 0.3 is 0 Å². The van der Waals surface area contributed by atoms with Crippen molar-refractivity contribution in [3.05, 3.63) is 33.9 Å². The molecular formula is C12H15N3O3. The Balaban J connectivity index is 2.23. The fourth-order valence-corrected chi connectivity index (χ4v) is 1.66. The molecule has 1 aromatic carbocycles. The third-order valence-electron chi connectivity index (χ3n) is 2.74. The van der Waals surface area contributed by atoms with Crippen molar-refractivity contribution in [2.75, 3.05) is 11.9 Å². The zero-order valence-electron chi connectivity index (χ0n) is 10.1. The lowest BCUT2D eigenvalue weighted by molar-refractivity contribution is -0.384. The van der Waals surface area contributed by atoms with Gasteiger partial charge in [-0.3, -0.25) is 14.9 Å². The largest absolute Gasteiger partial charge is 0.380 e. The van der Waals surface area contributed by atoms with Crippen LogP contribution in [0.25, 0.3) is 0 Å². The van der Waals surface area contributed by atoms with Gasteiger partial charge in [-0.15, -0.1) is 0 Å². The molecule has 0 spiro atoms. The van der Waals surface area contributed by atoms with Crippen molar-refractivity contribution in [1.29, 1.82) is 0 Å². The molecule has 0 radical (unpaired) electrons. The molecule has 1 amide bonds. The number of nitrogens with zero attached hydrogens (tertiary/aromatic N) is 1. The Hall–Kier alpha value is -2.11. The Bertz CT molecular complexity index is 483. The standard InChI is InChI=1S/C12H15N3O3/c1-2-13-10-7-8(3-6-11(10)15(17)18)12(16)14-9-4-5-9/h3,6-7,9,13H,2,4-5H2,1H3,(H,14,16). The predicted molar refractivity (Wildman–Crippen MR) is 67.7 cm³/mol. The number of anilines is 1. The quantitative estimate of drug-likeness (QED) is 0.616. The van der Waals surface area contributed by atoms with Crippen LogP contribution in [0.2, 0.25) is 0 Å². The molecule has 6 nitrogen and oxygen atoms in total. The molecule has 0 saturated heterocycles. The maximum atomic E-state index is 11.8. The first-order chi connectivity index (χ1) is 8.61. The summed E-state index contributed by atoms with van der Waals surface area (Å²) in [6.45, 7) is 2.41. The monoisotopic (exact) mass is 249 g/mol. The maximum Gasteiger partial charge on any atom is 0.292 e. The lowest BCUT2D eigenvalue weighted by Crippen LogP contribution is -2.25. The number of benzene rings is 1. The number of nitro groups is 1. The van der Waals surface area contributed by atoms with Gasteiger partial charge in [0.2, 0.25) is 0 Å². The van der Waals surface area contributed by atoms with E-state index >= 15 is 0 Å². The smallest absolute Gasteiger partial charge is 0.292 e. The minimum absolute atomic E-state index is 0.0141. The highest BCUT2D eigenvalue weighted by Crippen LogP contribution is 2.26. The Morgan fingerprint density at radius 1 is 1.50 bits per heavy atom. The molecule has 1 aliphatic carbocycles. The van der Waals surface area contributed by atoms with E-state index in [0.29, 0.717) is 17.8 Å². The van der Waals surface area contributed by atoms with Gasteiger partial charge < -0.3 is 10.6 Å². The van der Waals surface area contributed by atoms with E-state index in [0.717, 1.165) is 12.8 Å². The second kappa shape index (κ2) is 5.03. The number of nitro benzene ring substituents is 1. The van der Waals surface area contributed by atoms with E-state index in [1.807, 2.05) is 6.92 Å². The van der Waals surface area contributed by atoms with Gasteiger partial charge in [-0.1, -0.05) is 0 Å². The van der Waals surface area contributed by atoms with Crippen molar-refractivity contribution in [3.63, 3.8) is 0 Å². The topological polar surface area (TPSA) is 84.3 Å². The minimum atomic E-state index is -0.458. The van der Waals surface area contributed by atoms with Crippen molar-refractivity contribution >= 4 is 17.3 Å². The zero-order chi connectivity index (χ0) is 13.1. The molecule has 1 aliphatic rings. The Morgan fingerprint density at radius 2 is 2.22 bits per heavy atom. The molecule has 0 atom stereocenters. The highest BCUT2D eigenvalue weighted by Gasteiger charge is 2.24. The van der Waals surface area contributed by atoms with Crippen molar-refractivity contribution in [1.82, 2.24) is 5.32 Å². The van der Waals surface area contributed by atoms with Gasteiger partial charge in [0.25, 0.3) is 11.6 Å². The molecule has 6 heteroatoms. The second-order valence-electron chi connectivity index (χ2n) is 4.27. The van der Waals surface area contributed by atoms with Crippen molar-refractivity contribution < 1.29 is 9.72 Å².